The van der Waals surface area contributed by atoms with E-state index in [1.54, 1.807) is 9.80 Å². The summed E-state index contributed by atoms with van der Waals surface area (Å²) in [5, 5.41) is 12.7. The Morgan fingerprint density at radius 3 is 2.77 bits per heavy atom. The Labute approximate surface area is 153 Å². The first-order chi connectivity index (χ1) is 12.7. The molecular formula is C18H28N6O2+2. The van der Waals surface area contributed by atoms with Crippen molar-refractivity contribution in [2.45, 2.75) is 32.4 Å². The standard InChI is InChI=1S/C18H26N6O2/c1-3-4-15(23-9-7-22(2)8-10-23)18-19-20-21-24(18)12-14-5-6-16-17(11-14)26-13-25-16/h5-6,11,15H,3-4,7-10,12-13H2,1-2H3/p+2/t15-/m1/s1. The summed E-state index contributed by atoms with van der Waals surface area (Å²) in [6.07, 6.45) is 2.24. The molecule has 0 unspecified atom stereocenters. The molecule has 0 saturated carbocycles. The number of ether oxygens (including phenoxy) is 2. The molecule has 1 fully saturated rings. The quantitative estimate of drug-likeness (QED) is 0.671. The van der Waals surface area contributed by atoms with E-state index < -0.39 is 0 Å². The third kappa shape index (κ3) is 3.52. The number of benzene rings is 1. The van der Waals surface area contributed by atoms with Gasteiger partial charge in [0.15, 0.2) is 11.5 Å². The Morgan fingerprint density at radius 2 is 1.96 bits per heavy atom. The van der Waals surface area contributed by atoms with Crippen LogP contribution in [0, 0.1) is 0 Å². The van der Waals surface area contributed by atoms with E-state index in [2.05, 4.69) is 35.6 Å². The van der Waals surface area contributed by atoms with Crippen molar-refractivity contribution in [2.75, 3.05) is 40.0 Å². The van der Waals surface area contributed by atoms with Crippen molar-refractivity contribution in [3.63, 3.8) is 0 Å². The average Bonchev–Trinajstić information content (AvgIpc) is 3.29. The molecule has 3 heterocycles. The molecule has 140 valence electrons. The van der Waals surface area contributed by atoms with Gasteiger partial charge in [-0.1, -0.05) is 19.4 Å². The van der Waals surface area contributed by atoms with Crippen molar-refractivity contribution in [2.24, 2.45) is 0 Å². The van der Waals surface area contributed by atoms with Crippen LogP contribution in [0.5, 0.6) is 11.5 Å². The topological polar surface area (TPSA) is 70.9 Å². The van der Waals surface area contributed by atoms with Crippen LogP contribution >= 0.6 is 0 Å². The Morgan fingerprint density at radius 1 is 1.15 bits per heavy atom. The van der Waals surface area contributed by atoms with Crippen molar-refractivity contribution < 1.29 is 19.3 Å². The number of rotatable bonds is 6. The van der Waals surface area contributed by atoms with Crippen LogP contribution in [0.1, 0.15) is 37.2 Å². The minimum atomic E-state index is 0.294. The number of nitrogens with one attached hydrogen (secondary N) is 2. The molecule has 0 spiro atoms. The summed E-state index contributed by atoms with van der Waals surface area (Å²) in [5.41, 5.74) is 1.12. The van der Waals surface area contributed by atoms with E-state index in [1.807, 2.05) is 16.8 Å². The number of hydrogen-bond donors (Lipinski definition) is 2. The minimum Gasteiger partial charge on any atom is -0.454 e. The molecule has 2 aromatic rings. The second kappa shape index (κ2) is 7.59. The highest BCUT2D eigenvalue weighted by molar-refractivity contribution is 5.44. The Hall–Kier alpha value is -2.19. The van der Waals surface area contributed by atoms with E-state index in [4.69, 9.17) is 9.47 Å². The van der Waals surface area contributed by atoms with Crippen LogP contribution in [-0.2, 0) is 6.54 Å². The summed E-state index contributed by atoms with van der Waals surface area (Å²) in [7, 11) is 2.27. The average molecular weight is 360 g/mol. The lowest BCUT2D eigenvalue weighted by Crippen LogP contribution is -3.27. The number of hydrogen-bond acceptors (Lipinski definition) is 5. The highest BCUT2D eigenvalue weighted by Gasteiger charge is 2.32. The van der Waals surface area contributed by atoms with E-state index in [1.165, 1.54) is 26.2 Å². The van der Waals surface area contributed by atoms with Gasteiger partial charge in [0.25, 0.3) is 0 Å². The van der Waals surface area contributed by atoms with E-state index in [0.717, 1.165) is 35.7 Å². The molecule has 0 radical (unpaired) electrons. The Bertz CT molecular complexity index is 741. The maximum Gasteiger partial charge on any atom is 0.231 e. The SMILES string of the molecule is CCC[C@H](c1nnnn1Cc1ccc2c(c1)OCO2)[NH+]1CC[NH+](C)CC1. The molecular weight excluding hydrogens is 332 g/mol. The zero-order valence-corrected chi connectivity index (χ0v) is 15.6. The van der Waals surface area contributed by atoms with E-state index in [9.17, 15) is 0 Å². The molecule has 2 N–H and O–H groups in total. The van der Waals surface area contributed by atoms with Crippen LogP contribution in [0.25, 0.3) is 0 Å². The highest BCUT2D eigenvalue weighted by Crippen LogP contribution is 2.32. The summed E-state index contributed by atoms with van der Waals surface area (Å²) in [6.45, 7) is 7.94. The second-order valence-corrected chi connectivity index (χ2v) is 7.34. The van der Waals surface area contributed by atoms with Crippen molar-refractivity contribution in [1.29, 1.82) is 0 Å². The van der Waals surface area contributed by atoms with Gasteiger partial charge >= 0.3 is 0 Å². The van der Waals surface area contributed by atoms with Gasteiger partial charge in [0.1, 0.15) is 32.2 Å². The molecule has 1 aromatic heterocycles. The molecule has 1 saturated heterocycles. The maximum absolute atomic E-state index is 5.49. The van der Waals surface area contributed by atoms with Crippen molar-refractivity contribution in [3.8, 4) is 11.5 Å². The predicted molar refractivity (Wildman–Crippen MR) is 94.5 cm³/mol. The molecule has 0 amide bonds. The van der Waals surface area contributed by atoms with Crippen LogP contribution in [0.3, 0.4) is 0 Å². The Kier molecular flexibility index (Phi) is 5.03. The number of quaternary nitrogens is 2. The monoisotopic (exact) mass is 360 g/mol. The number of fused-ring (bicyclic) bond motifs is 1. The molecule has 1 atom stereocenters. The van der Waals surface area contributed by atoms with E-state index >= 15 is 0 Å². The first-order valence-electron chi connectivity index (χ1n) is 9.55. The molecule has 26 heavy (non-hydrogen) atoms. The summed E-state index contributed by atoms with van der Waals surface area (Å²) in [4.78, 5) is 3.23. The molecule has 1 aromatic carbocycles. The van der Waals surface area contributed by atoms with Gasteiger partial charge < -0.3 is 19.3 Å². The molecule has 2 aliphatic heterocycles. The van der Waals surface area contributed by atoms with Gasteiger partial charge in [-0.3, -0.25) is 0 Å². The molecule has 8 nitrogen and oxygen atoms in total. The lowest BCUT2D eigenvalue weighted by atomic mass is 10.1. The van der Waals surface area contributed by atoms with Gasteiger partial charge in [0.2, 0.25) is 12.6 Å². The van der Waals surface area contributed by atoms with Crippen LogP contribution in [0.15, 0.2) is 18.2 Å². The summed E-state index contributed by atoms with van der Waals surface area (Å²) in [6, 6.07) is 6.39. The van der Waals surface area contributed by atoms with Gasteiger partial charge in [0, 0.05) is 6.42 Å². The summed E-state index contributed by atoms with van der Waals surface area (Å²) in [5.74, 6) is 2.60. The number of tetrazole rings is 1. The van der Waals surface area contributed by atoms with Crippen LogP contribution < -0.4 is 19.3 Å². The summed E-state index contributed by atoms with van der Waals surface area (Å²) < 4.78 is 12.8. The van der Waals surface area contributed by atoms with Gasteiger partial charge in [-0.15, -0.1) is 5.10 Å². The van der Waals surface area contributed by atoms with Crippen molar-refractivity contribution in [3.05, 3.63) is 29.6 Å². The molecule has 4 rings (SSSR count). The maximum atomic E-state index is 5.49. The number of nitrogens with zero attached hydrogens (tertiary/aromatic N) is 4. The molecule has 0 bridgehead atoms. The summed E-state index contributed by atoms with van der Waals surface area (Å²) >= 11 is 0. The predicted octanol–water partition coefficient (Wildman–Crippen LogP) is -1.30. The molecule has 8 heteroatoms. The lowest BCUT2D eigenvalue weighted by Gasteiger charge is -2.32. The van der Waals surface area contributed by atoms with Crippen molar-refractivity contribution in [1.82, 2.24) is 20.2 Å². The largest absolute Gasteiger partial charge is 0.454 e. The van der Waals surface area contributed by atoms with Crippen LogP contribution in [-0.4, -0.2) is 60.2 Å². The minimum absolute atomic E-state index is 0.294. The third-order valence-corrected chi connectivity index (χ3v) is 5.46. The Balaban J connectivity index is 1.54. The van der Waals surface area contributed by atoms with Crippen LogP contribution in [0.4, 0.5) is 0 Å². The van der Waals surface area contributed by atoms with Crippen molar-refractivity contribution >= 4 is 0 Å². The highest BCUT2D eigenvalue weighted by atomic mass is 16.7. The number of piperazine rings is 1. The molecule has 2 aliphatic rings. The molecule has 0 aliphatic carbocycles. The van der Waals surface area contributed by atoms with Gasteiger partial charge in [0.05, 0.1) is 13.6 Å². The van der Waals surface area contributed by atoms with Gasteiger partial charge in [-0.25, -0.2) is 4.68 Å². The van der Waals surface area contributed by atoms with E-state index in [0.29, 0.717) is 19.4 Å². The lowest BCUT2D eigenvalue weighted by molar-refractivity contribution is -1.02. The zero-order chi connectivity index (χ0) is 17.9. The zero-order valence-electron chi connectivity index (χ0n) is 15.6. The fourth-order valence-electron chi connectivity index (χ4n) is 3.94. The van der Waals surface area contributed by atoms with E-state index in [-0.39, 0.29) is 0 Å². The normalized spacial score (nSPS) is 23.2. The smallest absolute Gasteiger partial charge is 0.231 e. The fraction of sp³-hybridized carbons (Fsp3) is 0.611. The fourth-order valence-corrected chi connectivity index (χ4v) is 3.94. The number of likely N-dealkylation sites (N-methyl/N-ethyl adjacent to an activating group) is 1. The van der Waals surface area contributed by atoms with Gasteiger partial charge in [-0.2, -0.15) is 0 Å². The second-order valence-electron chi connectivity index (χ2n) is 7.34. The number of aromatic nitrogens is 4. The van der Waals surface area contributed by atoms with Crippen LogP contribution in [0.2, 0.25) is 0 Å². The first-order valence-corrected chi connectivity index (χ1v) is 9.55. The van der Waals surface area contributed by atoms with Gasteiger partial charge in [-0.05, 0) is 28.1 Å². The first kappa shape index (κ1) is 17.2. The third-order valence-electron chi connectivity index (χ3n) is 5.46.